The van der Waals surface area contributed by atoms with Gasteiger partial charge in [-0.3, -0.25) is 0 Å². The van der Waals surface area contributed by atoms with Crippen LogP contribution < -0.4 is 5.32 Å². The molecule has 0 aliphatic heterocycles. The molecule has 0 spiro atoms. The van der Waals surface area contributed by atoms with Crippen LogP contribution in [0.3, 0.4) is 0 Å². The first kappa shape index (κ1) is 10.0. The molecule has 1 aromatic heterocycles. The minimum Gasteiger partial charge on any atom is -0.390 e. The molecule has 0 aromatic carbocycles. The van der Waals surface area contributed by atoms with Crippen LogP contribution in [0.25, 0.3) is 0 Å². The van der Waals surface area contributed by atoms with E-state index in [1.807, 2.05) is 0 Å². The summed E-state index contributed by atoms with van der Waals surface area (Å²) in [6.07, 6.45) is 4.86. The molecule has 1 aliphatic rings. The second kappa shape index (κ2) is 4.35. The van der Waals surface area contributed by atoms with Gasteiger partial charge in [-0.2, -0.15) is 4.68 Å². The molecule has 0 unspecified atom stereocenters. The van der Waals surface area contributed by atoms with Gasteiger partial charge in [-0.05, 0) is 30.7 Å². The summed E-state index contributed by atoms with van der Waals surface area (Å²) in [7, 11) is 0. The molecule has 0 atom stereocenters. The van der Waals surface area contributed by atoms with Crippen LogP contribution >= 0.6 is 0 Å². The molecule has 0 bridgehead atoms. The Balaban J connectivity index is 1.70. The Morgan fingerprint density at radius 3 is 3.07 bits per heavy atom. The van der Waals surface area contributed by atoms with Gasteiger partial charge in [0.2, 0.25) is 6.33 Å². The fraction of sp³-hybridized carbons (Fsp3) is 0.750. The molecule has 1 aliphatic carbocycles. The maximum atomic E-state index is 10.3. The largest absolute Gasteiger partial charge is 0.490 e. The van der Waals surface area contributed by atoms with Crippen molar-refractivity contribution in [2.24, 2.45) is 0 Å². The molecule has 0 radical (unpaired) electrons. The fourth-order valence-corrected chi connectivity index (χ4v) is 1.31. The number of nitrogens with one attached hydrogen (secondary N) is 1. The quantitative estimate of drug-likeness (QED) is 0.416. The molecule has 0 saturated heterocycles. The van der Waals surface area contributed by atoms with Crippen LogP contribution in [-0.4, -0.2) is 32.3 Å². The molecule has 2 rings (SSSR count). The molecule has 82 valence electrons. The number of hydrogen-bond donors (Lipinski definition) is 1. The van der Waals surface area contributed by atoms with Gasteiger partial charge in [0.1, 0.15) is 0 Å². The van der Waals surface area contributed by atoms with Crippen LogP contribution in [-0.2, 0) is 6.54 Å². The molecule has 15 heavy (non-hydrogen) atoms. The number of nitrogens with zero attached hydrogens (tertiary/aromatic N) is 4. The van der Waals surface area contributed by atoms with Crippen LogP contribution in [0.2, 0.25) is 0 Å². The second-order valence-corrected chi connectivity index (χ2v) is 3.65. The molecule has 7 nitrogen and oxygen atoms in total. The Morgan fingerprint density at radius 2 is 2.47 bits per heavy atom. The molecule has 1 saturated carbocycles. The monoisotopic (exact) mass is 211 g/mol. The topological polar surface area (TPSA) is 85.9 Å². The molecule has 7 heteroatoms. The van der Waals surface area contributed by atoms with E-state index in [4.69, 9.17) is 0 Å². The number of nitro groups is 1. The average molecular weight is 211 g/mol. The Bertz CT molecular complexity index is 347. The fourth-order valence-electron chi connectivity index (χ4n) is 1.31. The number of aromatic nitrogens is 3. The van der Waals surface area contributed by atoms with Gasteiger partial charge in [0.05, 0.1) is 6.54 Å². The molecule has 1 N–H and O–H groups in total. The van der Waals surface area contributed by atoms with E-state index in [2.05, 4.69) is 15.4 Å². The third kappa shape index (κ3) is 2.98. The van der Waals surface area contributed by atoms with Gasteiger partial charge in [0, 0.05) is 11.1 Å². The Morgan fingerprint density at radius 1 is 1.67 bits per heavy atom. The van der Waals surface area contributed by atoms with Crippen LogP contribution in [0.15, 0.2) is 6.33 Å². The van der Waals surface area contributed by atoms with Crippen LogP contribution in [0.1, 0.15) is 19.3 Å². The number of hydrogen-bond acceptors (Lipinski definition) is 5. The van der Waals surface area contributed by atoms with E-state index in [9.17, 15) is 10.1 Å². The van der Waals surface area contributed by atoms with E-state index >= 15 is 0 Å². The summed E-state index contributed by atoms with van der Waals surface area (Å²) in [5.74, 6) is -0.329. The molecular formula is C8H13N5O2. The second-order valence-electron chi connectivity index (χ2n) is 3.65. The highest BCUT2D eigenvalue weighted by atomic mass is 16.6. The summed E-state index contributed by atoms with van der Waals surface area (Å²) in [5, 5.41) is 17.4. The predicted molar refractivity (Wildman–Crippen MR) is 52.3 cm³/mol. The van der Waals surface area contributed by atoms with Crippen molar-refractivity contribution in [3.8, 4) is 0 Å². The lowest BCUT2D eigenvalue weighted by Gasteiger charge is -1.99. The summed E-state index contributed by atoms with van der Waals surface area (Å²) in [4.78, 5) is 13.3. The first-order chi connectivity index (χ1) is 7.25. The highest BCUT2D eigenvalue weighted by Crippen LogP contribution is 2.18. The van der Waals surface area contributed by atoms with Crippen LogP contribution in [0, 0.1) is 10.1 Å². The van der Waals surface area contributed by atoms with E-state index in [0.717, 1.165) is 13.0 Å². The summed E-state index contributed by atoms with van der Waals surface area (Å²) in [6, 6.07) is 0.704. The van der Waals surface area contributed by atoms with Gasteiger partial charge >= 0.3 is 5.95 Å². The van der Waals surface area contributed by atoms with Crippen molar-refractivity contribution in [2.45, 2.75) is 31.8 Å². The van der Waals surface area contributed by atoms with Crippen molar-refractivity contribution >= 4 is 5.95 Å². The highest BCUT2D eigenvalue weighted by Gasteiger charge is 2.19. The molecular weight excluding hydrogens is 198 g/mol. The first-order valence-electron chi connectivity index (χ1n) is 5.03. The molecule has 1 heterocycles. The van der Waals surface area contributed by atoms with E-state index in [1.165, 1.54) is 23.9 Å². The Kier molecular flexibility index (Phi) is 2.91. The minimum atomic E-state index is -0.584. The van der Waals surface area contributed by atoms with Crippen molar-refractivity contribution in [1.29, 1.82) is 0 Å². The van der Waals surface area contributed by atoms with Crippen LogP contribution in [0.5, 0.6) is 0 Å². The smallest absolute Gasteiger partial charge is 0.390 e. The Labute approximate surface area is 86.6 Å². The van der Waals surface area contributed by atoms with Gasteiger partial charge in [0.25, 0.3) is 0 Å². The third-order valence-corrected chi connectivity index (χ3v) is 2.26. The SMILES string of the molecule is O=[N+]([O-])c1ncn(CCCNC2CC2)n1. The first-order valence-corrected chi connectivity index (χ1v) is 5.03. The van der Waals surface area contributed by atoms with Gasteiger partial charge < -0.3 is 15.4 Å². The maximum absolute atomic E-state index is 10.3. The summed E-state index contributed by atoms with van der Waals surface area (Å²) >= 11 is 0. The number of rotatable bonds is 6. The Hall–Kier alpha value is -1.50. The zero-order valence-corrected chi connectivity index (χ0v) is 8.30. The lowest BCUT2D eigenvalue weighted by atomic mass is 10.4. The summed E-state index contributed by atoms with van der Waals surface area (Å²) < 4.78 is 1.51. The zero-order chi connectivity index (χ0) is 10.7. The van der Waals surface area contributed by atoms with Crippen molar-refractivity contribution in [1.82, 2.24) is 20.1 Å². The lowest BCUT2D eigenvalue weighted by Crippen LogP contribution is -2.19. The summed E-state index contributed by atoms with van der Waals surface area (Å²) in [5.41, 5.74) is 0. The maximum Gasteiger partial charge on any atom is 0.490 e. The van der Waals surface area contributed by atoms with Crippen LogP contribution in [0.4, 0.5) is 5.95 Å². The van der Waals surface area contributed by atoms with E-state index in [1.54, 1.807) is 0 Å². The van der Waals surface area contributed by atoms with Crippen molar-refractivity contribution in [2.75, 3.05) is 6.54 Å². The lowest BCUT2D eigenvalue weighted by molar-refractivity contribution is -0.394. The minimum absolute atomic E-state index is 0.329. The molecule has 1 fully saturated rings. The van der Waals surface area contributed by atoms with Gasteiger partial charge in [-0.1, -0.05) is 4.98 Å². The average Bonchev–Trinajstić information content (AvgIpc) is 2.90. The van der Waals surface area contributed by atoms with Crippen molar-refractivity contribution in [3.63, 3.8) is 0 Å². The van der Waals surface area contributed by atoms with Crippen molar-refractivity contribution < 1.29 is 4.92 Å². The van der Waals surface area contributed by atoms with Gasteiger partial charge in [-0.15, -0.1) is 0 Å². The standard InChI is InChI=1S/C8H13N5O2/c14-13(15)8-10-6-12(11-8)5-1-4-9-7-2-3-7/h6-7,9H,1-5H2. The summed E-state index contributed by atoms with van der Waals surface area (Å²) in [6.45, 7) is 1.60. The van der Waals surface area contributed by atoms with Gasteiger partial charge in [-0.25, -0.2) is 0 Å². The van der Waals surface area contributed by atoms with Gasteiger partial charge in [0.15, 0.2) is 0 Å². The van der Waals surface area contributed by atoms with E-state index in [0.29, 0.717) is 12.6 Å². The normalized spacial score (nSPS) is 15.5. The zero-order valence-electron chi connectivity index (χ0n) is 8.30. The molecule has 1 aromatic rings. The highest BCUT2D eigenvalue weighted by molar-refractivity contribution is 4.96. The third-order valence-electron chi connectivity index (χ3n) is 2.26. The van der Waals surface area contributed by atoms with Crippen molar-refractivity contribution in [3.05, 3.63) is 16.4 Å². The van der Waals surface area contributed by atoms with E-state index < -0.39 is 4.92 Å². The number of aryl methyl sites for hydroxylation is 1. The molecule has 0 amide bonds. The van der Waals surface area contributed by atoms with E-state index in [-0.39, 0.29) is 5.95 Å². The predicted octanol–water partition coefficient (Wildman–Crippen LogP) is 0.328.